The highest BCUT2D eigenvalue weighted by molar-refractivity contribution is 7.80. The van der Waals surface area contributed by atoms with E-state index >= 15 is 0 Å². The lowest BCUT2D eigenvalue weighted by molar-refractivity contribution is 0.260. The summed E-state index contributed by atoms with van der Waals surface area (Å²) in [6, 6.07) is 1.28. The van der Waals surface area contributed by atoms with Gasteiger partial charge in [-0.3, -0.25) is 0 Å². The highest BCUT2D eigenvalue weighted by Crippen LogP contribution is 2.08. The molecule has 0 spiro atoms. The minimum atomic E-state index is 0.633. The smallest absolute Gasteiger partial charge is 0.0272 e. The third-order valence-electron chi connectivity index (χ3n) is 2.77. The standard InChI is InChI=1S/C10H20N2S/c1-8(2)12(3)5-4-9-6-10(13)7-11-9/h8-9,11H,4-7H2,1-3H3. The summed E-state index contributed by atoms with van der Waals surface area (Å²) in [5, 5.41) is 3.43. The first kappa shape index (κ1) is 11.1. The molecule has 0 aromatic heterocycles. The van der Waals surface area contributed by atoms with Crippen LogP contribution in [0.15, 0.2) is 0 Å². The first-order chi connectivity index (χ1) is 6.09. The summed E-state index contributed by atoms with van der Waals surface area (Å²) in [6.45, 7) is 6.57. The molecule has 1 rings (SSSR count). The molecule has 3 heteroatoms. The van der Waals surface area contributed by atoms with Gasteiger partial charge in [0.2, 0.25) is 0 Å². The van der Waals surface area contributed by atoms with Crippen molar-refractivity contribution in [3.63, 3.8) is 0 Å². The summed E-state index contributed by atoms with van der Waals surface area (Å²) < 4.78 is 0. The maximum Gasteiger partial charge on any atom is 0.0272 e. The van der Waals surface area contributed by atoms with E-state index in [0.717, 1.165) is 19.5 Å². The minimum absolute atomic E-state index is 0.633. The lowest BCUT2D eigenvalue weighted by atomic mass is 10.1. The molecule has 0 bridgehead atoms. The van der Waals surface area contributed by atoms with Gasteiger partial charge >= 0.3 is 0 Å². The summed E-state index contributed by atoms with van der Waals surface area (Å²) in [5.41, 5.74) is 0. The second-order valence-electron chi connectivity index (χ2n) is 4.18. The molecule has 1 atom stereocenters. The lowest BCUT2D eigenvalue weighted by Crippen LogP contribution is -2.32. The van der Waals surface area contributed by atoms with Gasteiger partial charge in [-0.25, -0.2) is 0 Å². The lowest BCUT2D eigenvalue weighted by Gasteiger charge is -2.22. The summed E-state index contributed by atoms with van der Waals surface area (Å²) in [5.74, 6) is 0. The van der Waals surface area contributed by atoms with Gasteiger partial charge in [-0.05, 0) is 40.3 Å². The van der Waals surface area contributed by atoms with E-state index in [-0.39, 0.29) is 0 Å². The minimum Gasteiger partial charge on any atom is -0.309 e. The fourth-order valence-corrected chi connectivity index (χ4v) is 1.78. The second kappa shape index (κ2) is 5.03. The van der Waals surface area contributed by atoms with Gasteiger partial charge in [-0.2, -0.15) is 0 Å². The fourth-order valence-electron chi connectivity index (χ4n) is 1.50. The summed E-state index contributed by atoms with van der Waals surface area (Å²) in [7, 11) is 2.18. The Hall–Kier alpha value is 0.01000. The average Bonchev–Trinajstić information content (AvgIpc) is 2.47. The van der Waals surface area contributed by atoms with Crippen LogP contribution in [-0.2, 0) is 0 Å². The van der Waals surface area contributed by atoms with Crippen LogP contribution in [0, 0.1) is 0 Å². The van der Waals surface area contributed by atoms with Crippen LogP contribution < -0.4 is 5.32 Å². The van der Waals surface area contributed by atoms with Gasteiger partial charge in [0.25, 0.3) is 0 Å². The van der Waals surface area contributed by atoms with E-state index in [1.54, 1.807) is 0 Å². The van der Waals surface area contributed by atoms with Crippen LogP contribution in [0.1, 0.15) is 26.7 Å². The molecule has 1 aliphatic rings. The first-order valence-electron chi connectivity index (χ1n) is 5.05. The first-order valence-corrected chi connectivity index (χ1v) is 5.45. The molecule has 1 heterocycles. The van der Waals surface area contributed by atoms with Crippen LogP contribution in [0.25, 0.3) is 0 Å². The Morgan fingerprint density at radius 3 is 2.77 bits per heavy atom. The molecule has 1 aliphatic heterocycles. The highest BCUT2D eigenvalue weighted by Gasteiger charge is 2.18. The maximum absolute atomic E-state index is 5.15. The van der Waals surface area contributed by atoms with E-state index in [4.69, 9.17) is 12.2 Å². The van der Waals surface area contributed by atoms with Gasteiger partial charge in [0.15, 0.2) is 0 Å². The molecule has 1 saturated heterocycles. The monoisotopic (exact) mass is 200 g/mol. The van der Waals surface area contributed by atoms with Crippen LogP contribution in [0.3, 0.4) is 0 Å². The van der Waals surface area contributed by atoms with Crippen molar-refractivity contribution in [2.45, 2.75) is 38.8 Å². The fraction of sp³-hybridized carbons (Fsp3) is 0.900. The maximum atomic E-state index is 5.15. The van der Waals surface area contributed by atoms with Crippen molar-refractivity contribution in [3.8, 4) is 0 Å². The number of nitrogens with one attached hydrogen (secondary N) is 1. The van der Waals surface area contributed by atoms with Crippen LogP contribution >= 0.6 is 12.2 Å². The van der Waals surface area contributed by atoms with E-state index in [9.17, 15) is 0 Å². The molecule has 0 amide bonds. The Kier molecular flexibility index (Phi) is 4.29. The normalized spacial score (nSPS) is 23.5. The quantitative estimate of drug-likeness (QED) is 0.692. The Morgan fingerprint density at radius 1 is 1.62 bits per heavy atom. The van der Waals surface area contributed by atoms with Gasteiger partial charge in [-0.1, -0.05) is 12.2 Å². The third-order valence-corrected chi connectivity index (χ3v) is 3.08. The summed E-state index contributed by atoms with van der Waals surface area (Å²) >= 11 is 5.15. The van der Waals surface area contributed by atoms with Crippen molar-refractivity contribution in [2.24, 2.45) is 0 Å². The van der Waals surface area contributed by atoms with Crippen LogP contribution in [0.2, 0.25) is 0 Å². The van der Waals surface area contributed by atoms with Crippen molar-refractivity contribution in [1.82, 2.24) is 10.2 Å². The molecule has 1 unspecified atom stereocenters. The third kappa shape index (κ3) is 3.71. The Bertz CT molecular complexity index is 180. The van der Waals surface area contributed by atoms with Crippen molar-refractivity contribution < 1.29 is 0 Å². The molecule has 0 radical (unpaired) electrons. The topological polar surface area (TPSA) is 15.3 Å². The molecule has 0 saturated carbocycles. The van der Waals surface area contributed by atoms with Crippen LogP contribution in [-0.4, -0.2) is 42.0 Å². The average molecular weight is 200 g/mol. The molecule has 1 fully saturated rings. The number of nitrogens with zero attached hydrogens (tertiary/aromatic N) is 1. The van der Waals surface area contributed by atoms with Gasteiger partial charge in [0.05, 0.1) is 0 Å². The zero-order valence-electron chi connectivity index (χ0n) is 8.84. The number of thiocarbonyl (C=S) groups is 1. The van der Waals surface area contributed by atoms with E-state index in [1.165, 1.54) is 11.3 Å². The SMILES string of the molecule is CC(C)N(C)CCC1CC(=S)CN1. The summed E-state index contributed by atoms with van der Waals surface area (Å²) in [6.07, 6.45) is 2.32. The number of rotatable bonds is 4. The van der Waals surface area contributed by atoms with Crippen molar-refractivity contribution in [3.05, 3.63) is 0 Å². The van der Waals surface area contributed by atoms with Crippen LogP contribution in [0.5, 0.6) is 0 Å². The second-order valence-corrected chi connectivity index (χ2v) is 4.76. The van der Waals surface area contributed by atoms with Gasteiger partial charge in [0, 0.05) is 23.5 Å². The van der Waals surface area contributed by atoms with Crippen molar-refractivity contribution in [1.29, 1.82) is 0 Å². The predicted molar refractivity (Wildman–Crippen MR) is 61.4 cm³/mol. The number of hydrogen-bond acceptors (Lipinski definition) is 3. The molecule has 13 heavy (non-hydrogen) atoms. The van der Waals surface area contributed by atoms with Crippen molar-refractivity contribution in [2.75, 3.05) is 20.1 Å². The van der Waals surface area contributed by atoms with E-state index in [2.05, 4.69) is 31.1 Å². The molecule has 0 aromatic carbocycles. The highest BCUT2D eigenvalue weighted by atomic mass is 32.1. The van der Waals surface area contributed by atoms with E-state index in [1.807, 2.05) is 0 Å². The van der Waals surface area contributed by atoms with Gasteiger partial charge < -0.3 is 10.2 Å². The predicted octanol–water partition coefficient (Wildman–Crippen LogP) is 1.45. The zero-order valence-corrected chi connectivity index (χ0v) is 9.66. The molecular formula is C10H20N2S. The van der Waals surface area contributed by atoms with Gasteiger partial charge in [0.1, 0.15) is 0 Å². The molecule has 0 aromatic rings. The molecule has 2 nitrogen and oxygen atoms in total. The van der Waals surface area contributed by atoms with Crippen molar-refractivity contribution >= 4 is 17.1 Å². The number of hydrogen-bond donors (Lipinski definition) is 1. The largest absolute Gasteiger partial charge is 0.309 e. The zero-order chi connectivity index (χ0) is 9.84. The van der Waals surface area contributed by atoms with E-state index in [0.29, 0.717) is 12.1 Å². The van der Waals surface area contributed by atoms with Crippen LogP contribution in [0.4, 0.5) is 0 Å². The van der Waals surface area contributed by atoms with E-state index < -0.39 is 0 Å². The summed E-state index contributed by atoms with van der Waals surface area (Å²) in [4.78, 5) is 3.57. The Morgan fingerprint density at radius 2 is 2.31 bits per heavy atom. The molecule has 0 aliphatic carbocycles. The van der Waals surface area contributed by atoms with Gasteiger partial charge in [-0.15, -0.1) is 0 Å². The molecular weight excluding hydrogens is 180 g/mol. The Balaban J connectivity index is 2.16. The molecule has 1 N–H and O–H groups in total. The molecule has 76 valence electrons. The Labute approximate surface area is 86.7 Å².